The fraction of sp³-hybridized carbons (Fsp3) is 0.263. The van der Waals surface area contributed by atoms with Crippen LogP contribution >= 0.6 is 0 Å². The van der Waals surface area contributed by atoms with E-state index in [2.05, 4.69) is 10.6 Å². The standard InChI is InChI=1S/C19H21N3O5/c1-12(2)10-18(23)20-13-4-6-14(7-5-13)21-19(24)16-11-15(22(25)26)8-9-17(16)27-3/h4-9,11-12H,10H2,1-3H3,(H,20,23)(H,21,24). The van der Waals surface area contributed by atoms with Gasteiger partial charge in [0, 0.05) is 29.9 Å². The number of carbonyl (C=O) groups excluding carboxylic acids is 2. The van der Waals surface area contributed by atoms with Gasteiger partial charge < -0.3 is 15.4 Å². The van der Waals surface area contributed by atoms with E-state index in [1.165, 1.54) is 19.2 Å². The second-order valence-electron chi connectivity index (χ2n) is 6.32. The summed E-state index contributed by atoms with van der Waals surface area (Å²) in [6, 6.07) is 10.4. The molecule has 2 rings (SSSR count). The lowest BCUT2D eigenvalue weighted by Gasteiger charge is -2.11. The molecule has 0 saturated heterocycles. The number of hydrogen-bond acceptors (Lipinski definition) is 5. The number of nitrogens with zero attached hydrogens (tertiary/aromatic N) is 1. The average molecular weight is 371 g/mol. The lowest BCUT2D eigenvalue weighted by molar-refractivity contribution is -0.384. The molecule has 0 atom stereocenters. The predicted molar refractivity (Wildman–Crippen MR) is 102 cm³/mol. The molecule has 0 fully saturated rings. The fourth-order valence-electron chi connectivity index (χ4n) is 2.41. The highest BCUT2D eigenvalue weighted by molar-refractivity contribution is 6.06. The highest BCUT2D eigenvalue weighted by atomic mass is 16.6. The second kappa shape index (κ2) is 8.79. The molecule has 8 nitrogen and oxygen atoms in total. The number of nitro groups is 1. The molecule has 0 radical (unpaired) electrons. The zero-order chi connectivity index (χ0) is 20.0. The average Bonchev–Trinajstić information content (AvgIpc) is 2.62. The highest BCUT2D eigenvalue weighted by Gasteiger charge is 2.17. The molecule has 0 heterocycles. The molecule has 27 heavy (non-hydrogen) atoms. The maximum absolute atomic E-state index is 12.5. The normalized spacial score (nSPS) is 10.4. The summed E-state index contributed by atoms with van der Waals surface area (Å²) in [6.45, 7) is 3.92. The van der Waals surface area contributed by atoms with Gasteiger partial charge in [-0.3, -0.25) is 19.7 Å². The molecule has 0 aromatic heterocycles. The molecule has 142 valence electrons. The number of benzene rings is 2. The van der Waals surface area contributed by atoms with Gasteiger partial charge in [0.05, 0.1) is 17.6 Å². The van der Waals surface area contributed by atoms with Crippen molar-refractivity contribution in [1.29, 1.82) is 0 Å². The van der Waals surface area contributed by atoms with E-state index in [1.807, 2.05) is 13.8 Å². The first kappa shape index (κ1) is 19.9. The molecule has 8 heteroatoms. The van der Waals surface area contributed by atoms with Crippen LogP contribution in [-0.4, -0.2) is 23.8 Å². The summed E-state index contributed by atoms with van der Waals surface area (Å²) >= 11 is 0. The van der Waals surface area contributed by atoms with Crippen LogP contribution in [0.4, 0.5) is 17.1 Å². The molecule has 0 unspecified atom stereocenters. The number of non-ortho nitro benzene ring substituents is 1. The minimum absolute atomic E-state index is 0.0565. The molecule has 0 spiro atoms. The van der Waals surface area contributed by atoms with E-state index in [-0.39, 0.29) is 28.8 Å². The van der Waals surface area contributed by atoms with Crippen molar-refractivity contribution in [3.05, 3.63) is 58.1 Å². The van der Waals surface area contributed by atoms with E-state index in [0.717, 1.165) is 6.07 Å². The van der Waals surface area contributed by atoms with Gasteiger partial charge in [-0.05, 0) is 36.2 Å². The monoisotopic (exact) mass is 371 g/mol. The van der Waals surface area contributed by atoms with Gasteiger partial charge in [-0.2, -0.15) is 0 Å². The largest absolute Gasteiger partial charge is 0.496 e. The number of amides is 2. The zero-order valence-electron chi connectivity index (χ0n) is 15.3. The summed E-state index contributed by atoms with van der Waals surface area (Å²) < 4.78 is 5.10. The molecule has 0 aliphatic carbocycles. The zero-order valence-corrected chi connectivity index (χ0v) is 15.3. The molecule has 0 bridgehead atoms. The molecule has 0 aliphatic rings. The molecule has 2 amide bonds. The van der Waals surface area contributed by atoms with Crippen molar-refractivity contribution in [2.24, 2.45) is 5.92 Å². The minimum Gasteiger partial charge on any atom is -0.496 e. The van der Waals surface area contributed by atoms with Crippen LogP contribution in [0.5, 0.6) is 5.75 Å². The van der Waals surface area contributed by atoms with Crippen LogP contribution in [-0.2, 0) is 4.79 Å². The minimum atomic E-state index is -0.579. The van der Waals surface area contributed by atoms with Gasteiger partial charge >= 0.3 is 0 Å². The molecular formula is C19H21N3O5. The highest BCUT2D eigenvalue weighted by Crippen LogP contribution is 2.25. The van der Waals surface area contributed by atoms with Crippen LogP contribution in [0.1, 0.15) is 30.6 Å². The summed E-state index contributed by atoms with van der Waals surface area (Å²) in [5, 5.41) is 16.4. The number of anilines is 2. The van der Waals surface area contributed by atoms with E-state index < -0.39 is 10.8 Å². The number of carbonyl (C=O) groups is 2. The Hall–Kier alpha value is -3.42. The predicted octanol–water partition coefficient (Wildman–Crippen LogP) is 3.84. The molecule has 2 aromatic carbocycles. The molecule has 0 saturated carbocycles. The summed E-state index contributed by atoms with van der Waals surface area (Å²) in [6.07, 6.45) is 0.422. The van der Waals surface area contributed by atoms with Crippen LogP contribution in [0, 0.1) is 16.0 Å². The van der Waals surface area contributed by atoms with Crippen LogP contribution in [0.2, 0.25) is 0 Å². The Bertz CT molecular complexity index is 847. The van der Waals surface area contributed by atoms with Gasteiger partial charge in [0.2, 0.25) is 5.91 Å². The summed E-state index contributed by atoms with van der Waals surface area (Å²) in [4.78, 5) is 34.6. The van der Waals surface area contributed by atoms with E-state index in [1.54, 1.807) is 24.3 Å². The summed E-state index contributed by atoms with van der Waals surface area (Å²) in [7, 11) is 1.38. The van der Waals surface area contributed by atoms with Crippen molar-refractivity contribution < 1.29 is 19.2 Å². The van der Waals surface area contributed by atoms with Crippen molar-refractivity contribution in [3.8, 4) is 5.75 Å². The molecule has 2 aromatic rings. The van der Waals surface area contributed by atoms with Crippen LogP contribution in [0.15, 0.2) is 42.5 Å². The van der Waals surface area contributed by atoms with Gasteiger partial charge in [-0.15, -0.1) is 0 Å². The lowest BCUT2D eigenvalue weighted by atomic mass is 10.1. The van der Waals surface area contributed by atoms with Crippen molar-refractivity contribution >= 4 is 28.9 Å². The van der Waals surface area contributed by atoms with Crippen molar-refractivity contribution in [2.75, 3.05) is 17.7 Å². The van der Waals surface area contributed by atoms with E-state index in [0.29, 0.717) is 17.8 Å². The Labute approximate surface area is 156 Å². The number of methoxy groups -OCH3 is 1. The first-order valence-electron chi connectivity index (χ1n) is 8.34. The van der Waals surface area contributed by atoms with Crippen LogP contribution in [0.3, 0.4) is 0 Å². The van der Waals surface area contributed by atoms with E-state index >= 15 is 0 Å². The number of rotatable bonds is 7. The van der Waals surface area contributed by atoms with Gasteiger partial charge in [-0.25, -0.2) is 0 Å². The van der Waals surface area contributed by atoms with E-state index in [9.17, 15) is 19.7 Å². The Morgan fingerprint density at radius 3 is 2.19 bits per heavy atom. The third kappa shape index (κ3) is 5.53. The maximum atomic E-state index is 12.5. The van der Waals surface area contributed by atoms with Gasteiger partial charge in [0.25, 0.3) is 11.6 Å². The third-order valence-electron chi connectivity index (χ3n) is 3.66. The number of nitro benzene ring substituents is 1. The number of nitrogens with one attached hydrogen (secondary N) is 2. The molecular weight excluding hydrogens is 350 g/mol. The quantitative estimate of drug-likeness (QED) is 0.567. The number of hydrogen-bond donors (Lipinski definition) is 2. The topological polar surface area (TPSA) is 111 Å². The SMILES string of the molecule is COc1ccc([N+](=O)[O-])cc1C(=O)Nc1ccc(NC(=O)CC(C)C)cc1. The maximum Gasteiger partial charge on any atom is 0.270 e. The Balaban J connectivity index is 2.11. The fourth-order valence-corrected chi connectivity index (χ4v) is 2.41. The summed E-state index contributed by atoms with van der Waals surface area (Å²) in [5.41, 5.74) is 0.951. The first-order chi connectivity index (χ1) is 12.8. The summed E-state index contributed by atoms with van der Waals surface area (Å²) in [5.74, 6) is -0.126. The van der Waals surface area contributed by atoms with Crippen molar-refractivity contribution in [2.45, 2.75) is 20.3 Å². The Morgan fingerprint density at radius 2 is 1.67 bits per heavy atom. The van der Waals surface area contributed by atoms with Crippen molar-refractivity contribution in [3.63, 3.8) is 0 Å². The number of ether oxygens (including phenoxy) is 1. The van der Waals surface area contributed by atoms with Crippen LogP contribution < -0.4 is 15.4 Å². The molecule has 0 aliphatic heterocycles. The third-order valence-corrected chi connectivity index (χ3v) is 3.66. The van der Waals surface area contributed by atoms with Gasteiger partial charge in [0.1, 0.15) is 5.75 Å². The smallest absolute Gasteiger partial charge is 0.270 e. The van der Waals surface area contributed by atoms with Crippen molar-refractivity contribution in [1.82, 2.24) is 0 Å². The molecule has 2 N–H and O–H groups in total. The van der Waals surface area contributed by atoms with Gasteiger partial charge in [-0.1, -0.05) is 13.8 Å². The van der Waals surface area contributed by atoms with Gasteiger partial charge in [0.15, 0.2) is 0 Å². The Morgan fingerprint density at radius 1 is 1.07 bits per heavy atom. The van der Waals surface area contributed by atoms with E-state index in [4.69, 9.17) is 4.74 Å². The Kier molecular flexibility index (Phi) is 6.48. The first-order valence-corrected chi connectivity index (χ1v) is 8.34. The van der Waals surface area contributed by atoms with Crippen LogP contribution in [0.25, 0.3) is 0 Å². The lowest BCUT2D eigenvalue weighted by Crippen LogP contribution is -2.15. The second-order valence-corrected chi connectivity index (χ2v) is 6.32.